The summed E-state index contributed by atoms with van der Waals surface area (Å²) < 4.78 is 4.78. The fourth-order valence-corrected chi connectivity index (χ4v) is 1.80. The largest absolute Gasteiger partial charge is 0.464 e. The molecule has 0 aliphatic heterocycles. The van der Waals surface area contributed by atoms with Gasteiger partial charge in [-0.3, -0.25) is 0 Å². The predicted molar refractivity (Wildman–Crippen MR) is 67.4 cm³/mol. The molecule has 0 spiro atoms. The summed E-state index contributed by atoms with van der Waals surface area (Å²) in [5.74, 6) is -0.691. The molecule has 0 fully saturated rings. The number of halogens is 1. The van der Waals surface area contributed by atoms with E-state index in [9.17, 15) is 9.90 Å². The first kappa shape index (κ1) is 13.8. The molecule has 94 valence electrons. The van der Waals surface area contributed by atoms with E-state index in [1.54, 1.807) is 30.0 Å². The number of benzene rings is 1. The van der Waals surface area contributed by atoms with Gasteiger partial charge in [0, 0.05) is 30.4 Å². The molecule has 0 heterocycles. The highest BCUT2D eigenvalue weighted by molar-refractivity contribution is 6.32. The SMILES string of the molecule is CCOC(=O)C(O)c1c(Cl)cccc1N(C)C. The molecule has 0 aliphatic carbocycles. The first-order chi connectivity index (χ1) is 7.99. The quantitative estimate of drug-likeness (QED) is 0.839. The second-order valence-electron chi connectivity index (χ2n) is 3.72. The van der Waals surface area contributed by atoms with Gasteiger partial charge in [-0.2, -0.15) is 0 Å². The number of aliphatic hydroxyl groups is 1. The molecular formula is C12H16ClNO3. The Bertz CT molecular complexity index is 407. The van der Waals surface area contributed by atoms with Gasteiger partial charge in [0.2, 0.25) is 0 Å². The smallest absolute Gasteiger partial charge is 0.339 e. The first-order valence-corrected chi connectivity index (χ1v) is 5.67. The highest BCUT2D eigenvalue weighted by Crippen LogP contribution is 2.32. The zero-order valence-corrected chi connectivity index (χ0v) is 10.9. The van der Waals surface area contributed by atoms with E-state index >= 15 is 0 Å². The number of esters is 1. The third-order valence-corrected chi connectivity index (χ3v) is 2.62. The molecule has 0 saturated heterocycles. The Labute approximate surface area is 106 Å². The van der Waals surface area contributed by atoms with Gasteiger partial charge < -0.3 is 14.7 Å². The van der Waals surface area contributed by atoms with Crippen molar-refractivity contribution in [2.45, 2.75) is 13.0 Å². The number of anilines is 1. The molecule has 1 unspecified atom stereocenters. The molecule has 5 heteroatoms. The van der Waals surface area contributed by atoms with Crippen LogP contribution < -0.4 is 4.90 Å². The average Bonchev–Trinajstić information content (AvgIpc) is 2.28. The molecule has 1 rings (SSSR count). The van der Waals surface area contributed by atoms with Crippen LogP contribution in [-0.4, -0.2) is 31.8 Å². The van der Waals surface area contributed by atoms with Crippen LogP contribution >= 0.6 is 11.6 Å². The zero-order chi connectivity index (χ0) is 13.0. The molecule has 4 nitrogen and oxygen atoms in total. The molecule has 0 radical (unpaired) electrons. The van der Waals surface area contributed by atoms with Crippen LogP contribution in [0.2, 0.25) is 5.02 Å². The third-order valence-electron chi connectivity index (χ3n) is 2.30. The van der Waals surface area contributed by atoms with Gasteiger partial charge in [-0.1, -0.05) is 17.7 Å². The number of carbonyl (C=O) groups is 1. The van der Waals surface area contributed by atoms with Crippen LogP contribution in [-0.2, 0) is 9.53 Å². The summed E-state index contributed by atoms with van der Waals surface area (Å²) in [5.41, 5.74) is 1.07. The maximum absolute atomic E-state index is 11.5. The Kier molecular flexibility index (Phi) is 4.78. The number of ether oxygens (including phenoxy) is 1. The first-order valence-electron chi connectivity index (χ1n) is 5.29. The van der Waals surface area contributed by atoms with Crippen molar-refractivity contribution in [2.75, 3.05) is 25.6 Å². The predicted octanol–water partition coefficient (Wildman–Crippen LogP) is 2.00. The van der Waals surface area contributed by atoms with E-state index in [1.807, 2.05) is 14.1 Å². The maximum atomic E-state index is 11.5. The van der Waals surface area contributed by atoms with Gasteiger partial charge >= 0.3 is 5.97 Å². The zero-order valence-electron chi connectivity index (χ0n) is 10.1. The summed E-state index contributed by atoms with van der Waals surface area (Å²) in [6, 6.07) is 5.18. The number of aliphatic hydroxyl groups excluding tert-OH is 1. The third kappa shape index (κ3) is 3.11. The molecule has 1 atom stereocenters. The minimum Gasteiger partial charge on any atom is -0.464 e. The lowest BCUT2D eigenvalue weighted by Crippen LogP contribution is -2.20. The monoisotopic (exact) mass is 257 g/mol. The van der Waals surface area contributed by atoms with E-state index in [4.69, 9.17) is 16.3 Å². The summed E-state index contributed by atoms with van der Waals surface area (Å²) in [4.78, 5) is 13.3. The van der Waals surface area contributed by atoms with Gasteiger partial charge in [0.05, 0.1) is 6.61 Å². The van der Waals surface area contributed by atoms with E-state index < -0.39 is 12.1 Å². The van der Waals surface area contributed by atoms with Gasteiger partial charge in [-0.25, -0.2) is 4.79 Å². The summed E-state index contributed by atoms with van der Waals surface area (Å²) in [6.45, 7) is 1.90. The van der Waals surface area contributed by atoms with Crippen molar-refractivity contribution in [3.63, 3.8) is 0 Å². The molecule has 17 heavy (non-hydrogen) atoms. The Morgan fingerprint density at radius 2 is 2.18 bits per heavy atom. The lowest BCUT2D eigenvalue weighted by Gasteiger charge is -2.21. The minimum absolute atomic E-state index is 0.220. The van der Waals surface area contributed by atoms with Gasteiger partial charge in [0.1, 0.15) is 0 Å². The summed E-state index contributed by atoms with van der Waals surface area (Å²) in [6.07, 6.45) is -1.36. The number of carbonyl (C=O) groups excluding carboxylic acids is 1. The van der Waals surface area contributed by atoms with E-state index in [1.165, 1.54) is 0 Å². The van der Waals surface area contributed by atoms with Crippen LogP contribution in [0.15, 0.2) is 18.2 Å². The molecule has 1 aromatic rings. The average molecular weight is 258 g/mol. The van der Waals surface area contributed by atoms with Crippen LogP contribution in [0.25, 0.3) is 0 Å². The van der Waals surface area contributed by atoms with Crippen LogP contribution in [0.4, 0.5) is 5.69 Å². The molecule has 0 aliphatic rings. The fourth-order valence-electron chi connectivity index (χ4n) is 1.53. The maximum Gasteiger partial charge on any atom is 0.339 e. The van der Waals surface area contributed by atoms with Gasteiger partial charge in [0.15, 0.2) is 6.10 Å². The molecule has 0 amide bonds. The number of hydrogen-bond donors (Lipinski definition) is 1. The van der Waals surface area contributed by atoms with Crippen molar-refractivity contribution in [1.29, 1.82) is 0 Å². The molecule has 0 bridgehead atoms. The van der Waals surface area contributed by atoms with Crippen molar-refractivity contribution in [3.05, 3.63) is 28.8 Å². The van der Waals surface area contributed by atoms with Crippen LogP contribution in [0.5, 0.6) is 0 Å². The lowest BCUT2D eigenvalue weighted by molar-refractivity contribution is -0.153. The fraction of sp³-hybridized carbons (Fsp3) is 0.417. The Hall–Kier alpha value is -1.26. The van der Waals surface area contributed by atoms with E-state index in [2.05, 4.69) is 0 Å². The molecule has 1 N–H and O–H groups in total. The summed E-state index contributed by atoms with van der Waals surface area (Å²) in [7, 11) is 3.63. The van der Waals surface area contributed by atoms with Crippen molar-refractivity contribution in [1.82, 2.24) is 0 Å². The number of rotatable bonds is 4. The van der Waals surface area contributed by atoms with Crippen LogP contribution in [0.1, 0.15) is 18.6 Å². The standard InChI is InChI=1S/C12H16ClNO3/c1-4-17-12(16)11(15)10-8(13)6-5-7-9(10)14(2)3/h5-7,11,15H,4H2,1-3H3. The van der Waals surface area contributed by atoms with Gasteiger partial charge in [-0.05, 0) is 19.1 Å². The normalized spacial score (nSPS) is 12.1. The highest BCUT2D eigenvalue weighted by atomic mass is 35.5. The Balaban J connectivity index is 3.15. The van der Waals surface area contributed by atoms with Crippen molar-refractivity contribution in [2.24, 2.45) is 0 Å². The van der Waals surface area contributed by atoms with E-state index in [-0.39, 0.29) is 6.61 Å². The Morgan fingerprint density at radius 1 is 1.53 bits per heavy atom. The van der Waals surface area contributed by atoms with E-state index in [0.717, 1.165) is 0 Å². The topological polar surface area (TPSA) is 49.8 Å². The molecule has 1 aromatic carbocycles. The van der Waals surface area contributed by atoms with Crippen molar-refractivity contribution >= 4 is 23.3 Å². The molecule has 0 aromatic heterocycles. The highest BCUT2D eigenvalue weighted by Gasteiger charge is 2.25. The minimum atomic E-state index is -1.36. The summed E-state index contributed by atoms with van der Waals surface area (Å²) >= 11 is 6.02. The number of hydrogen-bond acceptors (Lipinski definition) is 4. The van der Waals surface area contributed by atoms with Crippen molar-refractivity contribution < 1.29 is 14.6 Å². The van der Waals surface area contributed by atoms with Crippen molar-refractivity contribution in [3.8, 4) is 0 Å². The number of nitrogens with zero attached hydrogens (tertiary/aromatic N) is 1. The van der Waals surface area contributed by atoms with E-state index in [0.29, 0.717) is 16.3 Å². The Morgan fingerprint density at radius 3 is 2.71 bits per heavy atom. The molecular weight excluding hydrogens is 242 g/mol. The second-order valence-corrected chi connectivity index (χ2v) is 4.13. The van der Waals surface area contributed by atoms with Gasteiger partial charge in [0.25, 0.3) is 0 Å². The van der Waals surface area contributed by atoms with Crippen LogP contribution in [0, 0.1) is 0 Å². The van der Waals surface area contributed by atoms with Crippen LogP contribution in [0.3, 0.4) is 0 Å². The molecule has 0 saturated carbocycles. The van der Waals surface area contributed by atoms with Gasteiger partial charge in [-0.15, -0.1) is 0 Å². The second kappa shape index (κ2) is 5.89. The lowest BCUT2D eigenvalue weighted by atomic mass is 10.1. The summed E-state index contributed by atoms with van der Waals surface area (Å²) in [5, 5.41) is 10.3.